The third-order valence-electron chi connectivity index (χ3n) is 4.70. The van der Waals surface area contributed by atoms with Crippen molar-refractivity contribution in [1.29, 1.82) is 0 Å². The van der Waals surface area contributed by atoms with E-state index in [1.54, 1.807) is 4.90 Å². The van der Waals surface area contributed by atoms with Crippen LogP contribution in [0.3, 0.4) is 0 Å². The molecule has 2 heterocycles. The van der Waals surface area contributed by atoms with Crippen LogP contribution in [-0.4, -0.2) is 48.0 Å². The maximum atomic E-state index is 12.1. The molecule has 2 rings (SSSR count). The van der Waals surface area contributed by atoms with Gasteiger partial charge >= 0.3 is 13.2 Å². The number of ether oxygens (including phenoxy) is 1. The van der Waals surface area contributed by atoms with Crippen LogP contribution in [0.5, 0.6) is 0 Å². The average molecular weight is 323 g/mol. The second-order valence-electron chi connectivity index (χ2n) is 8.42. The van der Waals surface area contributed by atoms with E-state index in [-0.39, 0.29) is 24.4 Å². The molecule has 2 aliphatic rings. The van der Waals surface area contributed by atoms with E-state index >= 15 is 0 Å². The zero-order chi connectivity index (χ0) is 17.5. The lowest BCUT2D eigenvalue weighted by molar-refractivity contribution is 0.00578. The molecule has 0 saturated carbocycles. The molecule has 0 unspecified atom stereocenters. The zero-order valence-corrected chi connectivity index (χ0v) is 15.6. The van der Waals surface area contributed by atoms with Crippen molar-refractivity contribution in [3.63, 3.8) is 0 Å². The first kappa shape index (κ1) is 18.3. The minimum absolute atomic E-state index is 0.229. The smallest absolute Gasteiger partial charge is 0.444 e. The lowest BCUT2D eigenvalue weighted by Crippen LogP contribution is -2.41. The van der Waals surface area contributed by atoms with Gasteiger partial charge in [-0.2, -0.15) is 0 Å². The number of hydrogen-bond acceptors (Lipinski definition) is 4. The Balaban J connectivity index is 1.89. The molecule has 5 nitrogen and oxygen atoms in total. The highest BCUT2D eigenvalue weighted by molar-refractivity contribution is 6.51. The monoisotopic (exact) mass is 323 g/mol. The topological polar surface area (TPSA) is 48.0 Å². The van der Waals surface area contributed by atoms with E-state index in [1.165, 1.54) is 5.57 Å². The van der Waals surface area contributed by atoms with Gasteiger partial charge < -0.3 is 18.9 Å². The minimum Gasteiger partial charge on any atom is -0.444 e. The molecule has 130 valence electrons. The van der Waals surface area contributed by atoms with Gasteiger partial charge in [-0.05, 0) is 61.3 Å². The van der Waals surface area contributed by atoms with Gasteiger partial charge in [0.05, 0.1) is 11.2 Å². The van der Waals surface area contributed by atoms with E-state index in [2.05, 4.69) is 33.7 Å². The maximum absolute atomic E-state index is 12.1. The van der Waals surface area contributed by atoms with Gasteiger partial charge in [0.15, 0.2) is 0 Å². The Labute approximate surface area is 140 Å². The second-order valence-corrected chi connectivity index (χ2v) is 8.42. The molecule has 2 saturated heterocycles. The van der Waals surface area contributed by atoms with Crippen molar-refractivity contribution >= 4 is 13.2 Å². The molecular formula is C17H30BNO4. The summed E-state index contributed by atoms with van der Waals surface area (Å²) in [6, 6.07) is 0. The summed E-state index contributed by atoms with van der Waals surface area (Å²) in [7, 11) is -0.303. The Bertz CT molecular complexity index is 467. The predicted octanol–water partition coefficient (Wildman–Crippen LogP) is 3.58. The number of carbonyl (C=O) groups excluding carboxylic acids is 1. The fourth-order valence-electron chi connectivity index (χ4n) is 2.62. The fraction of sp³-hybridized carbons (Fsp3) is 0.824. The van der Waals surface area contributed by atoms with Crippen molar-refractivity contribution in [2.75, 3.05) is 13.1 Å². The van der Waals surface area contributed by atoms with Crippen molar-refractivity contribution in [1.82, 2.24) is 4.90 Å². The Kier molecular flexibility index (Phi) is 4.89. The molecule has 0 bridgehead atoms. The number of amides is 1. The number of rotatable bonds is 1. The summed E-state index contributed by atoms with van der Waals surface area (Å²) >= 11 is 0. The molecule has 0 aromatic rings. The van der Waals surface area contributed by atoms with Crippen LogP contribution in [0.1, 0.15) is 61.3 Å². The third kappa shape index (κ3) is 4.51. The first-order valence-electron chi connectivity index (χ1n) is 8.43. The number of carbonyl (C=O) groups is 1. The van der Waals surface area contributed by atoms with Gasteiger partial charge in [-0.25, -0.2) is 4.79 Å². The quantitative estimate of drug-likeness (QED) is 0.692. The van der Waals surface area contributed by atoms with E-state index in [1.807, 2.05) is 20.8 Å². The number of hydrogen-bond donors (Lipinski definition) is 0. The highest BCUT2D eigenvalue weighted by Crippen LogP contribution is 2.37. The molecule has 0 radical (unpaired) electrons. The molecule has 0 N–H and O–H groups in total. The Morgan fingerprint density at radius 1 is 1.13 bits per heavy atom. The maximum Gasteiger partial charge on any atom is 0.487 e. The van der Waals surface area contributed by atoms with Gasteiger partial charge in [0.2, 0.25) is 0 Å². The molecular weight excluding hydrogens is 293 g/mol. The number of likely N-dealkylation sites (tertiary alicyclic amines) is 1. The van der Waals surface area contributed by atoms with Crippen LogP contribution in [0.25, 0.3) is 0 Å². The zero-order valence-electron chi connectivity index (χ0n) is 15.6. The van der Waals surface area contributed by atoms with Crippen LogP contribution < -0.4 is 0 Å². The Morgan fingerprint density at radius 3 is 2.04 bits per heavy atom. The van der Waals surface area contributed by atoms with Crippen molar-refractivity contribution in [3.05, 3.63) is 11.5 Å². The molecule has 23 heavy (non-hydrogen) atoms. The molecule has 1 amide bonds. The van der Waals surface area contributed by atoms with Crippen LogP contribution in [0.4, 0.5) is 4.79 Å². The van der Waals surface area contributed by atoms with Crippen LogP contribution in [0.15, 0.2) is 11.5 Å². The Hall–Kier alpha value is -1.01. The van der Waals surface area contributed by atoms with Crippen molar-refractivity contribution in [2.24, 2.45) is 0 Å². The van der Waals surface area contributed by atoms with Crippen LogP contribution in [0, 0.1) is 0 Å². The lowest BCUT2D eigenvalue weighted by atomic mass is 9.84. The summed E-state index contributed by atoms with van der Waals surface area (Å²) in [6.07, 6.45) is 1.44. The standard InChI is InChI=1S/C17H30BNO4/c1-15(2,3)21-14(20)19-10-8-13(9-11-19)12-18-22-16(4,5)17(6,7)23-18/h12H,8-11H2,1-7H3. The highest BCUT2D eigenvalue weighted by atomic mass is 16.7. The van der Waals surface area contributed by atoms with E-state index in [4.69, 9.17) is 14.0 Å². The second kappa shape index (κ2) is 6.13. The van der Waals surface area contributed by atoms with Crippen LogP contribution in [0.2, 0.25) is 0 Å². The molecule has 0 aliphatic carbocycles. The van der Waals surface area contributed by atoms with Crippen molar-refractivity contribution < 1.29 is 18.8 Å². The van der Waals surface area contributed by atoms with E-state index in [0.29, 0.717) is 13.1 Å². The minimum atomic E-state index is -0.449. The summed E-state index contributed by atoms with van der Waals surface area (Å²) in [5.41, 5.74) is 0.205. The van der Waals surface area contributed by atoms with Crippen LogP contribution in [-0.2, 0) is 14.0 Å². The van der Waals surface area contributed by atoms with E-state index in [9.17, 15) is 4.79 Å². The van der Waals surface area contributed by atoms with Gasteiger partial charge in [0, 0.05) is 13.1 Å². The van der Waals surface area contributed by atoms with E-state index in [0.717, 1.165) is 12.8 Å². The average Bonchev–Trinajstić information content (AvgIpc) is 2.55. The van der Waals surface area contributed by atoms with Crippen molar-refractivity contribution in [2.45, 2.75) is 78.1 Å². The molecule has 0 spiro atoms. The summed E-state index contributed by atoms with van der Waals surface area (Å²) in [5, 5.41) is 0. The van der Waals surface area contributed by atoms with Gasteiger partial charge in [-0.3, -0.25) is 0 Å². The van der Waals surface area contributed by atoms with Crippen LogP contribution >= 0.6 is 0 Å². The van der Waals surface area contributed by atoms with Gasteiger partial charge in [-0.15, -0.1) is 0 Å². The van der Waals surface area contributed by atoms with Gasteiger partial charge in [0.25, 0.3) is 0 Å². The van der Waals surface area contributed by atoms with Gasteiger partial charge in [-0.1, -0.05) is 11.5 Å². The number of piperidine rings is 1. The normalized spacial score (nSPS) is 23.9. The molecule has 2 fully saturated rings. The molecule has 6 heteroatoms. The highest BCUT2D eigenvalue weighted by Gasteiger charge is 2.50. The largest absolute Gasteiger partial charge is 0.487 e. The van der Waals surface area contributed by atoms with Crippen molar-refractivity contribution in [3.8, 4) is 0 Å². The first-order valence-corrected chi connectivity index (χ1v) is 8.43. The molecule has 0 aromatic heterocycles. The summed E-state index contributed by atoms with van der Waals surface area (Å²) < 4.78 is 17.4. The molecule has 0 atom stereocenters. The Morgan fingerprint density at radius 2 is 1.61 bits per heavy atom. The summed E-state index contributed by atoms with van der Waals surface area (Å²) in [5.74, 6) is 2.07. The summed E-state index contributed by atoms with van der Waals surface area (Å²) in [4.78, 5) is 13.8. The first-order chi connectivity index (χ1) is 10.4. The molecule has 0 aromatic carbocycles. The predicted molar refractivity (Wildman–Crippen MR) is 91.2 cm³/mol. The lowest BCUT2D eigenvalue weighted by Gasteiger charge is -2.32. The van der Waals surface area contributed by atoms with E-state index < -0.39 is 5.60 Å². The third-order valence-corrected chi connectivity index (χ3v) is 4.70. The van der Waals surface area contributed by atoms with Gasteiger partial charge in [0.1, 0.15) is 5.60 Å². The number of nitrogens with zero attached hydrogens (tertiary/aromatic N) is 1. The fourth-order valence-corrected chi connectivity index (χ4v) is 2.62. The molecule has 2 aliphatic heterocycles. The summed E-state index contributed by atoms with van der Waals surface area (Å²) in [6.45, 7) is 15.2. The SMILES string of the molecule is CC(C)(C)OC(=O)N1CCC(=CB2OC(C)(C)C(C)(C)O2)CC1.